The van der Waals surface area contributed by atoms with Crippen LogP contribution in [0.15, 0.2) is 91.3 Å². The summed E-state index contributed by atoms with van der Waals surface area (Å²) in [6.45, 7) is 2.22. The number of carbonyl (C=O) groups excluding carboxylic acids is 2. The summed E-state index contributed by atoms with van der Waals surface area (Å²) >= 11 is 0. The van der Waals surface area contributed by atoms with Crippen LogP contribution in [0.3, 0.4) is 0 Å². The van der Waals surface area contributed by atoms with E-state index in [-0.39, 0.29) is 11.9 Å². The molecule has 4 rings (SSSR count). The fourth-order valence-corrected chi connectivity index (χ4v) is 4.55. The fraction of sp³-hybridized carbons (Fsp3) is 0.300. The number of carbonyl (C=O) groups is 2. The van der Waals surface area contributed by atoms with Gasteiger partial charge in [0.2, 0.25) is 5.91 Å². The monoisotopic (exact) mass is 482 g/mol. The van der Waals surface area contributed by atoms with Gasteiger partial charge in [-0.05, 0) is 67.2 Å². The van der Waals surface area contributed by atoms with Crippen molar-refractivity contribution < 1.29 is 9.59 Å². The van der Waals surface area contributed by atoms with E-state index in [1.54, 1.807) is 24.5 Å². The van der Waals surface area contributed by atoms with Crippen LogP contribution in [0.5, 0.6) is 0 Å². The van der Waals surface area contributed by atoms with E-state index in [9.17, 15) is 9.59 Å². The van der Waals surface area contributed by atoms with Gasteiger partial charge in [-0.1, -0.05) is 55.3 Å². The van der Waals surface area contributed by atoms with E-state index < -0.39 is 0 Å². The van der Waals surface area contributed by atoms with E-state index in [1.807, 2.05) is 82.6 Å². The largest absolute Gasteiger partial charge is 0.353 e. The minimum absolute atomic E-state index is 0.0351. The Bertz CT molecular complexity index is 1070. The summed E-state index contributed by atoms with van der Waals surface area (Å²) < 4.78 is 0. The summed E-state index contributed by atoms with van der Waals surface area (Å²) in [6, 6.07) is 23.5. The van der Waals surface area contributed by atoms with Crippen LogP contribution in [0.4, 0.5) is 16.2 Å². The van der Waals surface area contributed by atoms with Crippen molar-refractivity contribution in [3.05, 3.63) is 96.8 Å². The van der Waals surface area contributed by atoms with Crippen LogP contribution >= 0.6 is 0 Å². The quantitative estimate of drug-likeness (QED) is 0.298. The number of hydrogen-bond acceptors (Lipinski definition) is 3. The molecule has 3 aromatic rings. The van der Waals surface area contributed by atoms with E-state index in [0.717, 1.165) is 62.1 Å². The number of nitrogens with zero attached hydrogens (tertiary/aromatic N) is 3. The molecule has 0 saturated carbocycles. The van der Waals surface area contributed by atoms with Crippen LogP contribution in [-0.4, -0.2) is 41.5 Å². The number of pyridine rings is 1. The molecule has 1 fully saturated rings. The summed E-state index contributed by atoms with van der Waals surface area (Å²) in [5.74, 6) is 0.546. The molecule has 6 heteroatoms. The summed E-state index contributed by atoms with van der Waals surface area (Å²) in [5.41, 5.74) is 2.68. The Balaban J connectivity index is 1.19. The molecule has 1 aliphatic rings. The van der Waals surface area contributed by atoms with E-state index in [0.29, 0.717) is 12.5 Å². The van der Waals surface area contributed by atoms with Gasteiger partial charge in [0.1, 0.15) is 0 Å². The first-order chi connectivity index (χ1) is 17.7. The van der Waals surface area contributed by atoms with Crippen molar-refractivity contribution in [1.29, 1.82) is 0 Å². The predicted octanol–water partition coefficient (Wildman–Crippen LogP) is 6.05. The van der Waals surface area contributed by atoms with Gasteiger partial charge in [0.25, 0.3) is 0 Å². The van der Waals surface area contributed by atoms with E-state index >= 15 is 0 Å². The molecule has 3 amide bonds. The maximum absolute atomic E-state index is 13.5. The van der Waals surface area contributed by atoms with Crippen LogP contribution in [0, 0.1) is 5.92 Å². The van der Waals surface area contributed by atoms with Gasteiger partial charge < -0.3 is 10.2 Å². The molecule has 0 unspecified atom stereocenters. The van der Waals surface area contributed by atoms with Crippen molar-refractivity contribution in [2.45, 2.75) is 32.1 Å². The Morgan fingerprint density at radius 1 is 0.917 bits per heavy atom. The Morgan fingerprint density at radius 3 is 2.19 bits per heavy atom. The first kappa shape index (κ1) is 25.2. The van der Waals surface area contributed by atoms with Crippen LogP contribution < -0.4 is 10.2 Å². The molecule has 36 heavy (non-hydrogen) atoms. The van der Waals surface area contributed by atoms with Gasteiger partial charge in [0.15, 0.2) is 0 Å². The first-order valence-electron chi connectivity index (χ1n) is 12.8. The molecule has 1 N–H and O–H groups in total. The lowest BCUT2D eigenvalue weighted by Gasteiger charge is -2.36. The molecular weight excluding hydrogens is 448 g/mol. The lowest BCUT2D eigenvalue weighted by atomic mass is 9.91. The highest BCUT2D eigenvalue weighted by molar-refractivity contribution is 5.99. The Labute approximate surface area is 213 Å². The molecule has 1 aromatic heterocycles. The standard InChI is InChI=1S/C30H34N4O2/c35-29(17-16-26-11-9-20-31-24-26)32-21-8-7-10-25-18-22-33(23-19-25)30(36)34(27-12-3-1-4-13-27)28-14-5-2-6-15-28/h1-6,9,11-17,20,24-25H,7-8,10,18-19,21-23H2,(H,32,35)/b17-16-. The minimum atomic E-state index is -0.0768. The van der Waals surface area contributed by atoms with Gasteiger partial charge in [-0.2, -0.15) is 0 Å². The molecule has 1 aliphatic heterocycles. The second kappa shape index (κ2) is 13.2. The van der Waals surface area contributed by atoms with Crippen molar-refractivity contribution in [3.63, 3.8) is 0 Å². The summed E-state index contributed by atoms with van der Waals surface area (Å²) in [4.78, 5) is 33.3. The summed E-state index contributed by atoms with van der Waals surface area (Å²) in [6.07, 6.45) is 12.0. The zero-order valence-electron chi connectivity index (χ0n) is 20.6. The van der Waals surface area contributed by atoms with Crippen molar-refractivity contribution >= 4 is 29.4 Å². The van der Waals surface area contributed by atoms with Crippen molar-refractivity contribution in [2.75, 3.05) is 24.5 Å². The third-order valence-corrected chi connectivity index (χ3v) is 6.56. The second-order valence-electron chi connectivity index (χ2n) is 9.13. The van der Waals surface area contributed by atoms with Crippen molar-refractivity contribution in [3.8, 4) is 0 Å². The van der Waals surface area contributed by atoms with E-state index in [2.05, 4.69) is 10.3 Å². The fourth-order valence-electron chi connectivity index (χ4n) is 4.55. The average Bonchev–Trinajstić information content (AvgIpc) is 2.94. The van der Waals surface area contributed by atoms with Crippen LogP contribution in [0.2, 0.25) is 0 Å². The molecule has 2 aromatic carbocycles. The van der Waals surface area contributed by atoms with Gasteiger partial charge in [0, 0.05) is 38.1 Å². The topological polar surface area (TPSA) is 65.5 Å². The molecule has 186 valence electrons. The number of para-hydroxylation sites is 2. The molecular formula is C30H34N4O2. The number of piperidine rings is 1. The van der Waals surface area contributed by atoms with Crippen molar-refractivity contribution in [1.82, 2.24) is 15.2 Å². The van der Waals surface area contributed by atoms with E-state index in [1.165, 1.54) is 0 Å². The number of rotatable bonds is 9. The number of benzene rings is 2. The number of unbranched alkanes of at least 4 members (excludes halogenated alkanes) is 1. The zero-order chi connectivity index (χ0) is 25.0. The molecule has 1 saturated heterocycles. The minimum Gasteiger partial charge on any atom is -0.353 e. The number of aromatic nitrogens is 1. The molecule has 0 spiro atoms. The average molecular weight is 483 g/mol. The molecule has 0 atom stereocenters. The number of urea groups is 1. The maximum atomic E-state index is 13.5. The summed E-state index contributed by atoms with van der Waals surface area (Å²) in [5, 5.41) is 2.95. The normalized spacial score (nSPS) is 14.1. The zero-order valence-corrected chi connectivity index (χ0v) is 20.6. The Hall–Kier alpha value is -3.93. The number of amides is 3. The number of nitrogens with one attached hydrogen (secondary N) is 1. The highest BCUT2D eigenvalue weighted by Crippen LogP contribution is 2.29. The second-order valence-corrected chi connectivity index (χ2v) is 9.13. The van der Waals surface area contributed by atoms with Gasteiger partial charge in [-0.25, -0.2) is 4.79 Å². The molecule has 6 nitrogen and oxygen atoms in total. The van der Waals surface area contributed by atoms with Gasteiger partial charge >= 0.3 is 6.03 Å². The van der Waals surface area contributed by atoms with Gasteiger partial charge in [0.05, 0.1) is 11.4 Å². The molecule has 0 aliphatic carbocycles. The molecule has 0 bridgehead atoms. The first-order valence-corrected chi connectivity index (χ1v) is 12.8. The van der Waals surface area contributed by atoms with Gasteiger partial charge in [-0.3, -0.25) is 14.7 Å². The third kappa shape index (κ3) is 7.28. The van der Waals surface area contributed by atoms with Crippen LogP contribution in [-0.2, 0) is 4.79 Å². The van der Waals surface area contributed by atoms with Crippen LogP contribution in [0.25, 0.3) is 6.08 Å². The number of hydrogen-bond donors (Lipinski definition) is 1. The lowest BCUT2D eigenvalue weighted by Crippen LogP contribution is -2.45. The number of anilines is 2. The molecule has 2 heterocycles. The van der Waals surface area contributed by atoms with E-state index in [4.69, 9.17) is 0 Å². The third-order valence-electron chi connectivity index (χ3n) is 6.56. The molecule has 0 radical (unpaired) electrons. The smallest absolute Gasteiger partial charge is 0.329 e. The predicted molar refractivity (Wildman–Crippen MR) is 145 cm³/mol. The Morgan fingerprint density at radius 2 is 1.58 bits per heavy atom. The SMILES string of the molecule is O=C(/C=C\c1cccnc1)NCCCCC1CCN(C(=O)N(c2ccccc2)c2ccccc2)CC1. The van der Waals surface area contributed by atoms with Crippen LogP contribution in [0.1, 0.15) is 37.7 Å². The van der Waals surface area contributed by atoms with Crippen molar-refractivity contribution in [2.24, 2.45) is 5.92 Å². The maximum Gasteiger partial charge on any atom is 0.329 e. The highest BCUT2D eigenvalue weighted by atomic mass is 16.2. The Kier molecular flexibility index (Phi) is 9.26. The number of likely N-dealkylation sites (tertiary alicyclic amines) is 1. The van der Waals surface area contributed by atoms with Gasteiger partial charge in [-0.15, -0.1) is 0 Å². The lowest BCUT2D eigenvalue weighted by molar-refractivity contribution is -0.116. The highest BCUT2D eigenvalue weighted by Gasteiger charge is 2.27. The summed E-state index contributed by atoms with van der Waals surface area (Å²) in [7, 11) is 0.